The number of carbonyl (C=O) groups is 1. The van der Waals surface area contributed by atoms with Crippen molar-refractivity contribution in [3.63, 3.8) is 0 Å². The third kappa shape index (κ3) is 4.14. The van der Waals surface area contributed by atoms with Gasteiger partial charge in [-0.3, -0.25) is 9.78 Å². The van der Waals surface area contributed by atoms with Gasteiger partial charge < -0.3 is 5.32 Å². The van der Waals surface area contributed by atoms with Crippen molar-refractivity contribution in [2.75, 3.05) is 5.75 Å². The molecule has 1 aromatic carbocycles. The number of amides is 1. The Morgan fingerprint density at radius 3 is 2.32 bits per heavy atom. The summed E-state index contributed by atoms with van der Waals surface area (Å²) in [4.78, 5) is 16.1. The van der Waals surface area contributed by atoms with Gasteiger partial charge in [0.05, 0.1) is 10.6 Å². The number of aryl methyl sites for hydroxylation is 1. The normalized spacial score (nSPS) is 12.6. The second-order valence-corrected chi connectivity index (χ2v) is 7.24. The minimum atomic E-state index is -3.43. The first kappa shape index (κ1) is 16.2. The Morgan fingerprint density at radius 1 is 1.14 bits per heavy atom. The second-order valence-electron chi connectivity index (χ2n) is 5.20. The molecular formula is C16H18N2O3S. The first-order valence-corrected chi connectivity index (χ1v) is 8.54. The van der Waals surface area contributed by atoms with Gasteiger partial charge >= 0.3 is 0 Å². The van der Waals surface area contributed by atoms with Gasteiger partial charge in [-0.05, 0) is 38.1 Å². The van der Waals surface area contributed by atoms with E-state index in [9.17, 15) is 13.2 Å². The molecule has 116 valence electrons. The number of nitrogens with one attached hydrogen (secondary N) is 1. The van der Waals surface area contributed by atoms with Crippen LogP contribution in [0.2, 0.25) is 0 Å². The maximum atomic E-state index is 12.3. The summed E-state index contributed by atoms with van der Waals surface area (Å²) in [6, 6.07) is 9.35. The molecule has 1 N–H and O–H groups in total. The quantitative estimate of drug-likeness (QED) is 0.914. The molecule has 0 aliphatic rings. The third-order valence-electron chi connectivity index (χ3n) is 3.17. The fourth-order valence-electron chi connectivity index (χ4n) is 2.02. The van der Waals surface area contributed by atoms with Gasteiger partial charge in [0.2, 0.25) is 0 Å². The number of hydrogen-bond acceptors (Lipinski definition) is 4. The van der Waals surface area contributed by atoms with E-state index in [0.717, 1.165) is 5.56 Å². The van der Waals surface area contributed by atoms with Crippen molar-refractivity contribution in [3.8, 4) is 0 Å². The fourth-order valence-corrected chi connectivity index (χ4v) is 3.51. The minimum absolute atomic E-state index is 0.146. The number of rotatable bonds is 5. The number of hydrogen-bond donors (Lipinski definition) is 1. The SMILES string of the molecule is Cc1ccc(S(=O)(=O)CC(C)NC(=O)c2ccncc2)cc1. The highest BCUT2D eigenvalue weighted by atomic mass is 32.2. The van der Waals surface area contributed by atoms with Crippen molar-refractivity contribution in [1.29, 1.82) is 0 Å². The van der Waals surface area contributed by atoms with E-state index in [4.69, 9.17) is 0 Å². The lowest BCUT2D eigenvalue weighted by molar-refractivity contribution is 0.0943. The van der Waals surface area contributed by atoms with Crippen LogP contribution in [0.5, 0.6) is 0 Å². The van der Waals surface area contributed by atoms with E-state index in [1.54, 1.807) is 43.3 Å². The fraction of sp³-hybridized carbons (Fsp3) is 0.250. The van der Waals surface area contributed by atoms with Crippen LogP contribution in [-0.2, 0) is 9.84 Å². The van der Waals surface area contributed by atoms with Gasteiger partial charge in [0.15, 0.2) is 9.84 Å². The number of sulfone groups is 1. The molecule has 1 amide bonds. The Kier molecular flexibility index (Phi) is 4.92. The van der Waals surface area contributed by atoms with Crippen molar-refractivity contribution in [2.24, 2.45) is 0 Å². The van der Waals surface area contributed by atoms with E-state index in [1.165, 1.54) is 12.4 Å². The average Bonchev–Trinajstić information content (AvgIpc) is 2.48. The van der Waals surface area contributed by atoms with Crippen LogP contribution in [0, 0.1) is 6.92 Å². The van der Waals surface area contributed by atoms with Crippen molar-refractivity contribution in [1.82, 2.24) is 10.3 Å². The molecule has 1 aromatic heterocycles. The van der Waals surface area contributed by atoms with Gasteiger partial charge in [-0.2, -0.15) is 0 Å². The summed E-state index contributed by atoms with van der Waals surface area (Å²) in [5.41, 5.74) is 1.45. The lowest BCUT2D eigenvalue weighted by atomic mass is 10.2. The van der Waals surface area contributed by atoms with Crippen LogP contribution in [0.4, 0.5) is 0 Å². The van der Waals surface area contributed by atoms with Crippen LogP contribution in [0.1, 0.15) is 22.8 Å². The van der Waals surface area contributed by atoms with Crippen LogP contribution in [-0.4, -0.2) is 31.1 Å². The number of pyridine rings is 1. The lowest BCUT2D eigenvalue weighted by Crippen LogP contribution is -2.37. The summed E-state index contributed by atoms with van der Waals surface area (Å²) in [7, 11) is -3.43. The Morgan fingerprint density at radius 2 is 1.73 bits per heavy atom. The predicted octanol–water partition coefficient (Wildman–Crippen LogP) is 1.98. The lowest BCUT2D eigenvalue weighted by Gasteiger charge is -2.14. The summed E-state index contributed by atoms with van der Waals surface area (Å²) >= 11 is 0. The Bertz CT molecular complexity index is 741. The highest BCUT2D eigenvalue weighted by molar-refractivity contribution is 7.91. The second kappa shape index (κ2) is 6.70. The van der Waals surface area contributed by atoms with Crippen LogP contribution in [0.25, 0.3) is 0 Å². The number of nitrogens with zero attached hydrogens (tertiary/aromatic N) is 1. The monoisotopic (exact) mass is 318 g/mol. The molecule has 1 atom stereocenters. The predicted molar refractivity (Wildman–Crippen MR) is 84.4 cm³/mol. The Balaban J connectivity index is 2.03. The van der Waals surface area contributed by atoms with Crippen molar-refractivity contribution in [2.45, 2.75) is 24.8 Å². The summed E-state index contributed by atoms with van der Waals surface area (Å²) in [5, 5.41) is 2.69. The van der Waals surface area contributed by atoms with Crippen LogP contribution in [0.3, 0.4) is 0 Å². The van der Waals surface area contributed by atoms with Gasteiger partial charge in [0.25, 0.3) is 5.91 Å². The number of benzene rings is 1. The topological polar surface area (TPSA) is 76.1 Å². The summed E-state index contributed by atoms with van der Waals surface area (Å²) in [6.07, 6.45) is 3.03. The van der Waals surface area contributed by atoms with Crippen molar-refractivity contribution < 1.29 is 13.2 Å². The zero-order valence-corrected chi connectivity index (χ0v) is 13.3. The maximum Gasteiger partial charge on any atom is 0.251 e. The minimum Gasteiger partial charge on any atom is -0.349 e. The van der Waals surface area contributed by atoms with Gasteiger partial charge in [-0.15, -0.1) is 0 Å². The molecule has 1 unspecified atom stereocenters. The van der Waals surface area contributed by atoms with Crippen LogP contribution in [0.15, 0.2) is 53.7 Å². The van der Waals surface area contributed by atoms with E-state index < -0.39 is 15.9 Å². The zero-order valence-electron chi connectivity index (χ0n) is 12.5. The standard InChI is InChI=1S/C16H18N2O3S/c1-12-3-5-15(6-4-12)22(20,21)11-13(2)18-16(19)14-7-9-17-10-8-14/h3-10,13H,11H2,1-2H3,(H,18,19). The zero-order chi connectivity index (χ0) is 16.2. The van der Waals surface area contributed by atoms with Crippen molar-refractivity contribution >= 4 is 15.7 Å². The molecule has 0 radical (unpaired) electrons. The first-order valence-electron chi connectivity index (χ1n) is 6.89. The average molecular weight is 318 g/mol. The first-order chi connectivity index (χ1) is 10.4. The van der Waals surface area contributed by atoms with Gasteiger partial charge in [-0.25, -0.2) is 8.42 Å². The smallest absolute Gasteiger partial charge is 0.251 e. The molecular weight excluding hydrogens is 300 g/mol. The largest absolute Gasteiger partial charge is 0.349 e. The highest BCUT2D eigenvalue weighted by Gasteiger charge is 2.20. The summed E-state index contributed by atoms with van der Waals surface area (Å²) < 4.78 is 24.6. The van der Waals surface area contributed by atoms with E-state index in [-0.39, 0.29) is 16.6 Å². The van der Waals surface area contributed by atoms with Crippen LogP contribution >= 0.6 is 0 Å². The molecule has 0 aliphatic heterocycles. The Labute approximate surface area is 130 Å². The number of carbonyl (C=O) groups excluding carboxylic acids is 1. The van der Waals surface area contributed by atoms with Gasteiger partial charge in [0.1, 0.15) is 0 Å². The summed E-state index contributed by atoms with van der Waals surface area (Å²) in [5.74, 6) is -0.457. The van der Waals surface area contributed by atoms with Gasteiger partial charge in [0, 0.05) is 24.0 Å². The van der Waals surface area contributed by atoms with E-state index in [0.29, 0.717) is 5.56 Å². The van der Waals surface area contributed by atoms with Gasteiger partial charge in [-0.1, -0.05) is 17.7 Å². The molecule has 0 fully saturated rings. The molecule has 0 saturated heterocycles. The molecule has 22 heavy (non-hydrogen) atoms. The Hall–Kier alpha value is -2.21. The molecule has 5 nitrogen and oxygen atoms in total. The van der Waals surface area contributed by atoms with E-state index in [2.05, 4.69) is 10.3 Å². The third-order valence-corrected chi connectivity index (χ3v) is 5.10. The highest BCUT2D eigenvalue weighted by Crippen LogP contribution is 2.13. The molecule has 0 aliphatic carbocycles. The van der Waals surface area contributed by atoms with Crippen molar-refractivity contribution in [3.05, 3.63) is 59.9 Å². The van der Waals surface area contributed by atoms with E-state index in [1.807, 2.05) is 6.92 Å². The molecule has 2 rings (SSSR count). The summed E-state index contributed by atoms with van der Waals surface area (Å²) in [6.45, 7) is 3.57. The van der Waals surface area contributed by atoms with Crippen LogP contribution < -0.4 is 5.32 Å². The maximum absolute atomic E-state index is 12.3. The molecule has 6 heteroatoms. The van der Waals surface area contributed by atoms with E-state index >= 15 is 0 Å². The molecule has 2 aromatic rings. The number of aromatic nitrogens is 1. The molecule has 0 bridgehead atoms. The molecule has 1 heterocycles. The molecule has 0 saturated carbocycles. The molecule has 0 spiro atoms.